The van der Waals surface area contributed by atoms with Crippen LogP contribution in [-0.2, 0) is 11.3 Å². The fourth-order valence-electron chi connectivity index (χ4n) is 2.11. The van der Waals surface area contributed by atoms with Crippen molar-refractivity contribution in [3.63, 3.8) is 0 Å². The average Bonchev–Trinajstić information content (AvgIpc) is 2.43. The van der Waals surface area contributed by atoms with Gasteiger partial charge in [-0.2, -0.15) is 0 Å². The van der Waals surface area contributed by atoms with Crippen LogP contribution in [0.5, 0.6) is 11.5 Å². The number of methoxy groups -OCH3 is 1. The molecule has 0 aliphatic rings. The lowest BCUT2D eigenvalue weighted by Gasteiger charge is -2.15. The van der Waals surface area contributed by atoms with Crippen LogP contribution in [-0.4, -0.2) is 7.11 Å². The zero-order chi connectivity index (χ0) is 15.4. The lowest BCUT2D eigenvalue weighted by molar-refractivity contribution is 0.184. The fourth-order valence-corrected chi connectivity index (χ4v) is 2.11. The first-order valence-corrected chi connectivity index (χ1v) is 6.82. The molecule has 0 aliphatic heterocycles. The first-order valence-electron chi connectivity index (χ1n) is 6.82. The number of halogens is 1. The summed E-state index contributed by atoms with van der Waals surface area (Å²) in [6, 6.07) is 10.4. The van der Waals surface area contributed by atoms with E-state index in [1.54, 1.807) is 27.0 Å². The summed E-state index contributed by atoms with van der Waals surface area (Å²) in [7, 11) is 1.64. The number of ether oxygens (including phenoxy) is 2. The molecule has 112 valence electrons. The third kappa shape index (κ3) is 3.80. The normalized spacial score (nSPS) is 12.2. The Morgan fingerprint density at radius 3 is 2.67 bits per heavy atom. The number of rotatable bonds is 5. The molecule has 0 radical (unpaired) electrons. The molecular formula is C17H20FNO2. The molecule has 0 bridgehead atoms. The van der Waals surface area contributed by atoms with E-state index in [0.717, 1.165) is 5.56 Å². The number of nitrogens with two attached hydrogens (primary N) is 1. The molecule has 0 heterocycles. The van der Waals surface area contributed by atoms with Crippen LogP contribution in [0.4, 0.5) is 4.39 Å². The standard InChI is InChI=1S/C17H20FNO2/c1-11-7-17(15(12(2)19)9-16(11)18)21-14-6-4-5-13(8-14)10-20-3/h4-9,12H,10,19H2,1-3H3/t12-/m1/s1. The van der Waals surface area contributed by atoms with Crippen molar-refractivity contribution >= 4 is 0 Å². The molecular weight excluding hydrogens is 269 g/mol. The highest BCUT2D eigenvalue weighted by molar-refractivity contribution is 5.43. The Labute approximate surface area is 124 Å². The molecule has 2 N–H and O–H groups in total. The topological polar surface area (TPSA) is 44.5 Å². The fraction of sp³-hybridized carbons (Fsp3) is 0.294. The zero-order valence-electron chi connectivity index (χ0n) is 12.5. The van der Waals surface area contributed by atoms with Crippen LogP contribution in [0, 0.1) is 12.7 Å². The molecule has 0 unspecified atom stereocenters. The van der Waals surface area contributed by atoms with Gasteiger partial charge in [-0.1, -0.05) is 12.1 Å². The van der Waals surface area contributed by atoms with E-state index in [4.69, 9.17) is 15.2 Å². The van der Waals surface area contributed by atoms with Gasteiger partial charge in [0.25, 0.3) is 0 Å². The highest BCUT2D eigenvalue weighted by Gasteiger charge is 2.13. The summed E-state index contributed by atoms with van der Waals surface area (Å²) < 4.78 is 24.7. The van der Waals surface area contributed by atoms with Crippen molar-refractivity contribution in [2.24, 2.45) is 5.73 Å². The lowest BCUT2D eigenvalue weighted by atomic mass is 10.0. The molecule has 0 saturated carbocycles. The van der Waals surface area contributed by atoms with E-state index >= 15 is 0 Å². The van der Waals surface area contributed by atoms with E-state index in [0.29, 0.717) is 29.2 Å². The number of benzene rings is 2. The largest absolute Gasteiger partial charge is 0.457 e. The van der Waals surface area contributed by atoms with Gasteiger partial charge in [0, 0.05) is 18.7 Å². The van der Waals surface area contributed by atoms with Crippen molar-refractivity contribution in [1.82, 2.24) is 0 Å². The average molecular weight is 289 g/mol. The van der Waals surface area contributed by atoms with E-state index in [1.807, 2.05) is 24.3 Å². The quantitative estimate of drug-likeness (QED) is 0.901. The molecule has 4 heteroatoms. The van der Waals surface area contributed by atoms with Crippen molar-refractivity contribution < 1.29 is 13.9 Å². The maximum absolute atomic E-state index is 13.7. The summed E-state index contributed by atoms with van der Waals surface area (Å²) in [5, 5.41) is 0. The molecule has 1 atom stereocenters. The number of aryl methyl sites for hydroxylation is 1. The molecule has 0 amide bonds. The van der Waals surface area contributed by atoms with Crippen LogP contribution in [0.15, 0.2) is 36.4 Å². The molecule has 21 heavy (non-hydrogen) atoms. The Kier molecular flexibility index (Phi) is 4.94. The Balaban J connectivity index is 2.34. The molecule has 0 aliphatic carbocycles. The van der Waals surface area contributed by atoms with E-state index in [2.05, 4.69) is 0 Å². The monoisotopic (exact) mass is 289 g/mol. The van der Waals surface area contributed by atoms with Gasteiger partial charge in [0.05, 0.1) is 6.61 Å². The predicted octanol–water partition coefficient (Wildman–Crippen LogP) is 4.09. The SMILES string of the molecule is COCc1cccc(Oc2cc(C)c(F)cc2[C@@H](C)N)c1. The molecule has 3 nitrogen and oxygen atoms in total. The second kappa shape index (κ2) is 6.70. The summed E-state index contributed by atoms with van der Waals surface area (Å²) in [5.41, 5.74) is 8.09. The highest BCUT2D eigenvalue weighted by atomic mass is 19.1. The maximum Gasteiger partial charge on any atom is 0.132 e. The van der Waals surface area contributed by atoms with Crippen LogP contribution in [0.3, 0.4) is 0 Å². The Hall–Kier alpha value is -1.91. The summed E-state index contributed by atoms with van der Waals surface area (Å²) >= 11 is 0. The van der Waals surface area contributed by atoms with Gasteiger partial charge in [0.2, 0.25) is 0 Å². The first-order chi connectivity index (χ1) is 10.0. The Morgan fingerprint density at radius 1 is 1.24 bits per heavy atom. The minimum atomic E-state index is -0.308. The third-order valence-electron chi connectivity index (χ3n) is 3.22. The van der Waals surface area contributed by atoms with E-state index in [9.17, 15) is 4.39 Å². The molecule has 2 rings (SSSR count). The lowest BCUT2D eigenvalue weighted by Crippen LogP contribution is -2.08. The molecule has 0 saturated heterocycles. The van der Waals surface area contributed by atoms with Crippen molar-refractivity contribution in [2.45, 2.75) is 26.5 Å². The van der Waals surface area contributed by atoms with Crippen molar-refractivity contribution in [2.75, 3.05) is 7.11 Å². The summed E-state index contributed by atoms with van der Waals surface area (Å²) in [4.78, 5) is 0. The number of hydrogen-bond acceptors (Lipinski definition) is 3. The second-order valence-electron chi connectivity index (χ2n) is 5.11. The summed E-state index contributed by atoms with van der Waals surface area (Å²) in [5.74, 6) is 0.985. The van der Waals surface area contributed by atoms with Crippen molar-refractivity contribution in [3.05, 3.63) is 58.9 Å². The molecule has 2 aromatic rings. The predicted molar refractivity (Wildman–Crippen MR) is 81.0 cm³/mol. The van der Waals surface area contributed by atoms with Crippen molar-refractivity contribution in [1.29, 1.82) is 0 Å². The third-order valence-corrected chi connectivity index (χ3v) is 3.22. The van der Waals surface area contributed by atoms with Gasteiger partial charge in [0.15, 0.2) is 0 Å². The van der Waals surface area contributed by atoms with Gasteiger partial charge in [-0.15, -0.1) is 0 Å². The van der Waals surface area contributed by atoms with Gasteiger partial charge >= 0.3 is 0 Å². The van der Waals surface area contributed by atoms with Crippen LogP contribution in [0.2, 0.25) is 0 Å². The maximum atomic E-state index is 13.7. The van der Waals surface area contributed by atoms with Gasteiger partial charge in [-0.25, -0.2) is 4.39 Å². The second-order valence-corrected chi connectivity index (χ2v) is 5.11. The number of hydrogen-bond donors (Lipinski definition) is 1. The van der Waals surface area contributed by atoms with Crippen LogP contribution in [0.25, 0.3) is 0 Å². The minimum Gasteiger partial charge on any atom is -0.457 e. The Morgan fingerprint density at radius 2 is 2.00 bits per heavy atom. The summed E-state index contributed by atoms with van der Waals surface area (Å²) in [6.07, 6.45) is 0. The first kappa shape index (κ1) is 15.5. The molecule has 0 aromatic heterocycles. The van der Waals surface area contributed by atoms with E-state index < -0.39 is 0 Å². The smallest absolute Gasteiger partial charge is 0.132 e. The van der Waals surface area contributed by atoms with Gasteiger partial charge in [-0.05, 0) is 49.2 Å². The molecule has 0 spiro atoms. The van der Waals surface area contributed by atoms with Gasteiger partial charge < -0.3 is 15.2 Å². The van der Waals surface area contributed by atoms with Gasteiger partial charge in [-0.3, -0.25) is 0 Å². The zero-order valence-corrected chi connectivity index (χ0v) is 12.5. The van der Waals surface area contributed by atoms with Crippen LogP contribution < -0.4 is 10.5 Å². The van der Waals surface area contributed by atoms with E-state index in [-0.39, 0.29) is 11.9 Å². The van der Waals surface area contributed by atoms with Gasteiger partial charge in [0.1, 0.15) is 17.3 Å². The van der Waals surface area contributed by atoms with Crippen LogP contribution in [0.1, 0.15) is 29.7 Å². The minimum absolute atomic E-state index is 0.275. The molecule has 2 aromatic carbocycles. The summed E-state index contributed by atoms with van der Waals surface area (Å²) in [6.45, 7) is 4.02. The van der Waals surface area contributed by atoms with E-state index in [1.165, 1.54) is 6.07 Å². The Bertz CT molecular complexity index is 626. The van der Waals surface area contributed by atoms with Crippen LogP contribution >= 0.6 is 0 Å². The highest BCUT2D eigenvalue weighted by Crippen LogP contribution is 2.31. The molecule has 0 fully saturated rings. The van der Waals surface area contributed by atoms with Crippen molar-refractivity contribution in [3.8, 4) is 11.5 Å².